The molecule has 1 aliphatic heterocycles. The van der Waals surface area contributed by atoms with Crippen LogP contribution in [0.15, 0.2) is 35.5 Å². The molecule has 0 saturated heterocycles. The molecule has 0 radical (unpaired) electrons. The van der Waals surface area contributed by atoms with Crippen molar-refractivity contribution in [2.75, 3.05) is 6.61 Å². The molecule has 0 bridgehead atoms. The summed E-state index contributed by atoms with van der Waals surface area (Å²) >= 11 is 0. The van der Waals surface area contributed by atoms with Gasteiger partial charge in [0.1, 0.15) is 29.6 Å². The summed E-state index contributed by atoms with van der Waals surface area (Å²) in [5.41, 5.74) is 1.29. The third-order valence-corrected chi connectivity index (χ3v) is 5.38. The molecular formula is C24H18F4N2O4. The number of hydrogen-bond acceptors (Lipinski definition) is 6. The zero-order chi connectivity index (χ0) is 24.6. The highest BCUT2D eigenvalue weighted by Crippen LogP contribution is 2.33. The molecular weight excluding hydrogens is 456 g/mol. The molecule has 176 valence electrons. The molecule has 6 nitrogen and oxygen atoms in total. The van der Waals surface area contributed by atoms with Crippen LogP contribution in [-0.4, -0.2) is 28.4 Å². The van der Waals surface area contributed by atoms with Gasteiger partial charge in [-0.15, -0.1) is 0 Å². The Balaban J connectivity index is 1.62. The SMILES string of the molecule is Cc1cc(OCC2=NOC(=O)C2)c(F)c(C)c1Cc1ccc(O)c(-c2cc(F)cc(F)c2F)n1. The Morgan fingerprint density at radius 3 is 2.56 bits per heavy atom. The number of aromatic nitrogens is 1. The maximum atomic E-state index is 15.0. The fourth-order valence-electron chi connectivity index (χ4n) is 3.62. The maximum Gasteiger partial charge on any atom is 0.340 e. The lowest BCUT2D eigenvalue weighted by atomic mass is 9.96. The Labute approximate surface area is 191 Å². The van der Waals surface area contributed by atoms with Crippen molar-refractivity contribution in [1.29, 1.82) is 0 Å². The van der Waals surface area contributed by atoms with E-state index in [9.17, 15) is 27.5 Å². The van der Waals surface area contributed by atoms with E-state index in [4.69, 9.17) is 4.74 Å². The summed E-state index contributed by atoms with van der Waals surface area (Å²) in [4.78, 5) is 19.7. The second-order valence-corrected chi connectivity index (χ2v) is 7.79. The first kappa shape index (κ1) is 23.2. The molecule has 0 unspecified atom stereocenters. The Morgan fingerprint density at radius 1 is 1.09 bits per heavy atom. The van der Waals surface area contributed by atoms with Crippen molar-refractivity contribution < 1.29 is 37.0 Å². The molecule has 4 rings (SSSR count). The van der Waals surface area contributed by atoms with E-state index in [2.05, 4.69) is 15.0 Å². The highest BCUT2D eigenvalue weighted by atomic mass is 19.2. The van der Waals surface area contributed by atoms with Crippen LogP contribution >= 0.6 is 0 Å². The third-order valence-electron chi connectivity index (χ3n) is 5.38. The second-order valence-electron chi connectivity index (χ2n) is 7.79. The number of oxime groups is 1. The molecule has 1 aromatic heterocycles. The molecule has 34 heavy (non-hydrogen) atoms. The number of aromatic hydroxyl groups is 1. The van der Waals surface area contributed by atoms with Gasteiger partial charge in [0, 0.05) is 23.7 Å². The summed E-state index contributed by atoms with van der Waals surface area (Å²) in [6, 6.07) is 5.29. The van der Waals surface area contributed by atoms with Crippen LogP contribution in [0.2, 0.25) is 0 Å². The normalized spacial score (nSPS) is 13.1. The Bertz CT molecular complexity index is 1340. The van der Waals surface area contributed by atoms with Crippen LogP contribution in [0.1, 0.15) is 28.8 Å². The van der Waals surface area contributed by atoms with E-state index in [1.54, 1.807) is 13.8 Å². The van der Waals surface area contributed by atoms with Crippen LogP contribution in [0.25, 0.3) is 11.3 Å². The Kier molecular flexibility index (Phi) is 6.23. The van der Waals surface area contributed by atoms with Gasteiger partial charge in [-0.3, -0.25) is 0 Å². The van der Waals surface area contributed by atoms with Crippen molar-refractivity contribution in [2.24, 2.45) is 5.16 Å². The number of aryl methyl sites for hydroxylation is 1. The van der Waals surface area contributed by atoms with E-state index in [1.807, 2.05) is 0 Å². The average molecular weight is 474 g/mol. The number of hydrogen-bond donors (Lipinski definition) is 1. The van der Waals surface area contributed by atoms with Gasteiger partial charge in [-0.2, -0.15) is 0 Å². The van der Waals surface area contributed by atoms with Gasteiger partial charge >= 0.3 is 5.97 Å². The van der Waals surface area contributed by atoms with E-state index in [0.29, 0.717) is 28.6 Å². The van der Waals surface area contributed by atoms with Gasteiger partial charge in [0.15, 0.2) is 23.2 Å². The molecule has 0 amide bonds. The highest BCUT2D eigenvalue weighted by molar-refractivity contribution is 6.02. The predicted octanol–water partition coefficient (Wildman–Crippen LogP) is 4.90. The molecule has 0 aliphatic carbocycles. The topological polar surface area (TPSA) is 81.0 Å². The van der Waals surface area contributed by atoms with Gasteiger partial charge in [-0.25, -0.2) is 27.3 Å². The van der Waals surface area contributed by atoms with Crippen LogP contribution in [0.4, 0.5) is 17.6 Å². The minimum atomic E-state index is -1.41. The van der Waals surface area contributed by atoms with Gasteiger partial charge in [-0.1, -0.05) is 5.16 Å². The zero-order valence-electron chi connectivity index (χ0n) is 18.1. The fraction of sp³-hybridized carbons (Fsp3) is 0.208. The monoisotopic (exact) mass is 474 g/mol. The van der Waals surface area contributed by atoms with Crippen molar-refractivity contribution in [3.05, 3.63) is 76.0 Å². The first-order valence-corrected chi connectivity index (χ1v) is 10.1. The van der Waals surface area contributed by atoms with Gasteiger partial charge in [0.25, 0.3) is 0 Å². The summed E-state index contributed by atoms with van der Waals surface area (Å²) in [6.07, 6.45) is 0.0684. The molecule has 2 heterocycles. The number of ether oxygens (including phenoxy) is 1. The van der Waals surface area contributed by atoms with Crippen LogP contribution in [0.3, 0.4) is 0 Å². The van der Waals surface area contributed by atoms with Gasteiger partial charge in [0.2, 0.25) is 0 Å². The van der Waals surface area contributed by atoms with Gasteiger partial charge in [0.05, 0.1) is 6.42 Å². The van der Waals surface area contributed by atoms with E-state index in [0.717, 1.165) is 6.07 Å². The number of carbonyl (C=O) groups is 1. The lowest BCUT2D eigenvalue weighted by Gasteiger charge is -2.16. The zero-order valence-corrected chi connectivity index (χ0v) is 18.1. The van der Waals surface area contributed by atoms with Crippen molar-refractivity contribution >= 4 is 11.7 Å². The first-order chi connectivity index (χ1) is 16.1. The Hall–Kier alpha value is -3.95. The van der Waals surface area contributed by atoms with Crippen LogP contribution < -0.4 is 4.74 Å². The van der Waals surface area contributed by atoms with Crippen LogP contribution in [0.5, 0.6) is 11.5 Å². The number of benzene rings is 2. The molecule has 10 heteroatoms. The lowest BCUT2D eigenvalue weighted by molar-refractivity contribution is -0.140. The summed E-state index contributed by atoms with van der Waals surface area (Å²) in [7, 11) is 0. The quantitative estimate of drug-likeness (QED) is 0.312. The molecule has 1 aliphatic rings. The van der Waals surface area contributed by atoms with Crippen molar-refractivity contribution in [1.82, 2.24) is 4.98 Å². The predicted molar refractivity (Wildman–Crippen MR) is 114 cm³/mol. The van der Waals surface area contributed by atoms with Gasteiger partial charge in [-0.05, 0) is 54.8 Å². The van der Waals surface area contributed by atoms with E-state index < -0.39 is 40.6 Å². The third kappa shape index (κ3) is 4.57. The maximum absolute atomic E-state index is 15.0. The van der Waals surface area contributed by atoms with Gasteiger partial charge < -0.3 is 14.7 Å². The number of pyridine rings is 1. The molecule has 0 saturated carbocycles. The van der Waals surface area contributed by atoms with E-state index >= 15 is 0 Å². The molecule has 3 aromatic rings. The molecule has 0 atom stereocenters. The lowest BCUT2D eigenvalue weighted by Crippen LogP contribution is -2.12. The average Bonchev–Trinajstić information content (AvgIpc) is 3.21. The fourth-order valence-corrected chi connectivity index (χ4v) is 3.62. The van der Waals surface area contributed by atoms with E-state index in [1.165, 1.54) is 18.2 Å². The minimum absolute atomic E-state index is 0.0255. The second kappa shape index (κ2) is 9.12. The summed E-state index contributed by atoms with van der Waals surface area (Å²) in [5.74, 6) is -5.41. The number of rotatable bonds is 6. The first-order valence-electron chi connectivity index (χ1n) is 10.1. The number of halogens is 4. The summed E-state index contributed by atoms with van der Waals surface area (Å²) < 4.78 is 62.0. The van der Waals surface area contributed by atoms with Crippen LogP contribution in [0, 0.1) is 37.1 Å². The van der Waals surface area contributed by atoms with Crippen molar-refractivity contribution in [3.8, 4) is 22.8 Å². The number of carbonyl (C=O) groups excluding carboxylic acids is 1. The largest absolute Gasteiger partial charge is 0.506 e. The molecule has 0 fully saturated rings. The standard InChI is InChI=1S/C24H18F4N2O4/c1-11-5-20(33-10-15-9-21(32)34-30-15)22(27)12(2)16(11)8-14-3-4-19(31)24(29-14)17-6-13(25)7-18(26)23(17)28/h3-7,31H,8-10H2,1-2H3. The molecule has 0 spiro atoms. The smallest absolute Gasteiger partial charge is 0.340 e. The summed E-state index contributed by atoms with van der Waals surface area (Å²) in [5, 5.41) is 13.7. The number of nitrogens with zero attached hydrogens (tertiary/aromatic N) is 2. The Morgan fingerprint density at radius 2 is 1.85 bits per heavy atom. The molecule has 2 aromatic carbocycles. The molecule has 1 N–H and O–H groups in total. The van der Waals surface area contributed by atoms with Crippen LogP contribution in [-0.2, 0) is 16.1 Å². The van der Waals surface area contributed by atoms with E-state index in [-0.39, 0.29) is 36.5 Å². The minimum Gasteiger partial charge on any atom is -0.506 e. The highest BCUT2D eigenvalue weighted by Gasteiger charge is 2.21. The van der Waals surface area contributed by atoms with Crippen molar-refractivity contribution in [2.45, 2.75) is 26.7 Å². The van der Waals surface area contributed by atoms with Crippen molar-refractivity contribution in [3.63, 3.8) is 0 Å². The summed E-state index contributed by atoms with van der Waals surface area (Å²) in [6.45, 7) is 3.17.